The maximum Gasteiger partial charge on any atom is 0.237 e. The van der Waals surface area contributed by atoms with Crippen LogP contribution in [0, 0.1) is 0 Å². The molecule has 0 bridgehead atoms. The molecule has 37 heavy (non-hydrogen) atoms. The van der Waals surface area contributed by atoms with Crippen molar-refractivity contribution < 1.29 is 9.53 Å². The molecule has 4 aromatic rings. The Morgan fingerprint density at radius 2 is 1.92 bits per heavy atom. The fourth-order valence-electron chi connectivity index (χ4n) is 4.70. The van der Waals surface area contributed by atoms with Crippen LogP contribution in [0.5, 0.6) is 5.75 Å². The zero-order chi connectivity index (χ0) is 25.8. The lowest BCUT2D eigenvalue weighted by molar-refractivity contribution is -0.123. The number of fused-ring (bicyclic) bond motifs is 1. The van der Waals surface area contributed by atoms with Gasteiger partial charge in [-0.05, 0) is 54.8 Å². The highest BCUT2D eigenvalue weighted by Gasteiger charge is 2.20. The number of anilines is 2. The van der Waals surface area contributed by atoms with E-state index in [-0.39, 0.29) is 11.9 Å². The molecule has 5 rings (SSSR count). The van der Waals surface area contributed by atoms with Crippen molar-refractivity contribution >= 4 is 51.5 Å². The smallest absolute Gasteiger partial charge is 0.237 e. The van der Waals surface area contributed by atoms with E-state index in [9.17, 15) is 4.79 Å². The first-order chi connectivity index (χ1) is 18.0. The van der Waals surface area contributed by atoms with Crippen molar-refractivity contribution in [1.82, 2.24) is 20.4 Å². The maximum atomic E-state index is 12.5. The molecular weight excluding hydrogens is 509 g/mol. The molecule has 192 valence electrons. The van der Waals surface area contributed by atoms with Crippen LogP contribution in [0.4, 0.5) is 11.5 Å². The van der Waals surface area contributed by atoms with Gasteiger partial charge >= 0.3 is 0 Å². The van der Waals surface area contributed by atoms with E-state index >= 15 is 0 Å². The average molecular weight is 538 g/mol. The topological polar surface area (TPSA) is 80.2 Å². The molecule has 1 amide bonds. The molecule has 7 nitrogen and oxygen atoms in total. The normalized spacial score (nSPS) is 15.5. The van der Waals surface area contributed by atoms with Crippen molar-refractivity contribution in [3.63, 3.8) is 0 Å². The summed E-state index contributed by atoms with van der Waals surface area (Å²) in [5.41, 5.74) is 3.70. The Labute approximate surface area is 226 Å². The Kier molecular flexibility index (Phi) is 7.84. The fraction of sp³-hybridized carbons (Fsp3) is 0.286. The number of carbonyl (C=O) groups is 1. The highest BCUT2D eigenvalue weighted by atomic mass is 35.5. The lowest BCUT2D eigenvalue weighted by Crippen LogP contribution is -2.46. The largest absolute Gasteiger partial charge is 0.496 e. The second-order valence-electron chi connectivity index (χ2n) is 9.13. The summed E-state index contributed by atoms with van der Waals surface area (Å²) in [4.78, 5) is 12.5. The molecule has 1 saturated heterocycles. The quantitative estimate of drug-likeness (QED) is 0.260. The fourth-order valence-corrected chi connectivity index (χ4v) is 5.05. The van der Waals surface area contributed by atoms with Crippen LogP contribution in [0.2, 0.25) is 10.0 Å². The molecule has 0 aliphatic carbocycles. The Balaban J connectivity index is 1.38. The van der Waals surface area contributed by atoms with E-state index in [1.807, 2.05) is 47.1 Å². The van der Waals surface area contributed by atoms with E-state index in [2.05, 4.69) is 28.1 Å². The van der Waals surface area contributed by atoms with Gasteiger partial charge in [0.2, 0.25) is 5.91 Å². The van der Waals surface area contributed by atoms with Crippen LogP contribution in [0.3, 0.4) is 0 Å². The first kappa shape index (κ1) is 25.4. The lowest BCUT2D eigenvalue weighted by atomic mass is 10.0. The van der Waals surface area contributed by atoms with Gasteiger partial charge in [0.25, 0.3) is 0 Å². The molecule has 3 aromatic carbocycles. The van der Waals surface area contributed by atoms with Gasteiger partial charge in [-0.1, -0.05) is 66.0 Å². The minimum atomic E-state index is -0.0960. The molecule has 3 N–H and O–H groups in total. The predicted octanol–water partition coefficient (Wildman–Crippen LogP) is 5.90. The standard InChI is InChI=1S/C28H29Cl2N5O2/c1-37-24-13-6-12-23-25(24)27(33-21-11-5-9-20(29)26(21)30)34-35(23)17-19-8-4-7-18(15-19)16-32-28(36)22-10-2-3-14-31-22/h4-9,11-13,15,22,31H,2-3,10,14,16-17H2,1H3,(H,32,36)(H,33,34)/t22-/m0/s1. The van der Waals surface area contributed by atoms with Gasteiger partial charge < -0.3 is 20.7 Å². The molecule has 2 heterocycles. The first-order valence-corrected chi connectivity index (χ1v) is 13.1. The molecule has 1 aliphatic heterocycles. The third-order valence-corrected chi connectivity index (χ3v) is 7.40. The van der Waals surface area contributed by atoms with E-state index < -0.39 is 0 Å². The zero-order valence-electron chi connectivity index (χ0n) is 20.6. The van der Waals surface area contributed by atoms with Crippen molar-refractivity contribution in [3.8, 4) is 5.75 Å². The summed E-state index contributed by atoms with van der Waals surface area (Å²) in [5.74, 6) is 1.39. The number of ether oxygens (including phenoxy) is 1. The van der Waals surface area contributed by atoms with Crippen LogP contribution in [0.25, 0.3) is 10.9 Å². The minimum Gasteiger partial charge on any atom is -0.496 e. The van der Waals surface area contributed by atoms with Crippen LogP contribution in [0.15, 0.2) is 60.7 Å². The number of hydrogen-bond donors (Lipinski definition) is 3. The monoisotopic (exact) mass is 537 g/mol. The van der Waals surface area contributed by atoms with Gasteiger partial charge in [-0.15, -0.1) is 0 Å². The summed E-state index contributed by atoms with van der Waals surface area (Å²) in [6.07, 6.45) is 3.10. The SMILES string of the molecule is COc1cccc2c1c(Nc1cccc(Cl)c1Cl)nn2Cc1cccc(CNC(=O)[C@@H]2CCCCN2)c1. The zero-order valence-corrected chi connectivity index (χ0v) is 22.1. The molecule has 1 aromatic heterocycles. The van der Waals surface area contributed by atoms with Gasteiger partial charge in [0.1, 0.15) is 5.75 Å². The van der Waals surface area contributed by atoms with Crippen molar-refractivity contribution in [3.05, 3.63) is 81.8 Å². The van der Waals surface area contributed by atoms with Crippen LogP contribution >= 0.6 is 23.2 Å². The van der Waals surface area contributed by atoms with Crippen LogP contribution in [-0.2, 0) is 17.9 Å². The van der Waals surface area contributed by atoms with Gasteiger partial charge in [0.05, 0.1) is 46.3 Å². The number of hydrogen-bond acceptors (Lipinski definition) is 5. The van der Waals surface area contributed by atoms with E-state index in [4.69, 9.17) is 33.0 Å². The Morgan fingerprint density at radius 1 is 1.11 bits per heavy atom. The first-order valence-electron chi connectivity index (χ1n) is 12.4. The summed E-state index contributed by atoms with van der Waals surface area (Å²) < 4.78 is 7.58. The number of benzene rings is 3. The molecule has 1 aliphatic rings. The predicted molar refractivity (Wildman–Crippen MR) is 149 cm³/mol. The number of rotatable bonds is 8. The highest BCUT2D eigenvalue weighted by molar-refractivity contribution is 6.43. The summed E-state index contributed by atoms with van der Waals surface area (Å²) in [6, 6.07) is 19.4. The van der Waals surface area contributed by atoms with Gasteiger partial charge in [-0.3, -0.25) is 9.48 Å². The third-order valence-electron chi connectivity index (χ3n) is 6.58. The van der Waals surface area contributed by atoms with Crippen LogP contribution in [-0.4, -0.2) is 35.4 Å². The minimum absolute atomic E-state index is 0.0608. The number of aromatic nitrogens is 2. The number of nitrogens with one attached hydrogen (secondary N) is 3. The van der Waals surface area contributed by atoms with Gasteiger partial charge in [0, 0.05) is 6.54 Å². The highest BCUT2D eigenvalue weighted by Crippen LogP contribution is 2.37. The van der Waals surface area contributed by atoms with E-state index in [0.717, 1.165) is 47.8 Å². The van der Waals surface area contributed by atoms with E-state index in [0.29, 0.717) is 40.4 Å². The van der Waals surface area contributed by atoms with Crippen molar-refractivity contribution in [2.45, 2.75) is 38.4 Å². The molecule has 1 fully saturated rings. The second kappa shape index (κ2) is 11.4. The summed E-state index contributed by atoms with van der Waals surface area (Å²) in [5, 5.41) is 16.3. The third kappa shape index (κ3) is 5.69. The Morgan fingerprint density at radius 3 is 2.73 bits per heavy atom. The number of halogens is 2. The Hall–Kier alpha value is -3.26. The number of amides is 1. The Bertz CT molecular complexity index is 1420. The molecule has 1 atom stereocenters. The van der Waals surface area contributed by atoms with Gasteiger partial charge in [0.15, 0.2) is 5.82 Å². The molecule has 0 saturated carbocycles. The lowest BCUT2D eigenvalue weighted by Gasteiger charge is -2.22. The van der Waals surface area contributed by atoms with E-state index in [1.54, 1.807) is 13.2 Å². The number of nitrogens with zero attached hydrogens (tertiary/aromatic N) is 2. The maximum absolute atomic E-state index is 12.5. The molecule has 9 heteroatoms. The summed E-state index contributed by atoms with van der Waals surface area (Å²) in [6.45, 7) is 1.93. The molecular formula is C28H29Cl2N5O2. The number of piperidine rings is 1. The second-order valence-corrected chi connectivity index (χ2v) is 9.91. The van der Waals surface area contributed by atoms with Crippen molar-refractivity contribution in [1.29, 1.82) is 0 Å². The summed E-state index contributed by atoms with van der Waals surface area (Å²) >= 11 is 12.7. The molecule has 0 unspecified atom stereocenters. The van der Waals surface area contributed by atoms with Crippen LogP contribution in [0.1, 0.15) is 30.4 Å². The molecule has 0 spiro atoms. The van der Waals surface area contributed by atoms with Crippen molar-refractivity contribution in [2.24, 2.45) is 0 Å². The number of methoxy groups -OCH3 is 1. The molecule has 0 radical (unpaired) electrons. The van der Waals surface area contributed by atoms with Gasteiger partial charge in [-0.2, -0.15) is 5.10 Å². The van der Waals surface area contributed by atoms with Gasteiger partial charge in [-0.25, -0.2) is 0 Å². The number of carbonyl (C=O) groups excluding carboxylic acids is 1. The summed E-state index contributed by atoms with van der Waals surface area (Å²) in [7, 11) is 1.64. The van der Waals surface area contributed by atoms with E-state index in [1.165, 1.54) is 0 Å². The van der Waals surface area contributed by atoms with Crippen LogP contribution < -0.4 is 20.7 Å². The van der Waals surface area contributed by atoms with Crippen molar-refractivity contribution in [2.75, 3.05) is 19.0 Å². The average Bonchev–Trinajstić information content (AvgIpc) is 3.27.